The molecule has 0 unspecified atom stereocenters. The summed E-state index contributed by atoms with van der Waals surface area (Å²) in [6.07, 6.45) is 0.974. The van der Waals surface area contributed by atoms with Gasteiger partial charge in [0.05, 0.1) is 13.3 Å². The predicted octanol–water partition coefficient (Wildman–Crippen LogP) is 6.09. The number of hydrogen-bond donors (Lipinski definition) is 0. The first kappa shape index (κ1) is 20.1. The van der Waals surface area contributed by atoms with Crippen molar-refractivity contribution >= 4 is 11.1 Å². The lowest BCUT2D eigenvalue weighted by Crippen LogP contribution is -2.15. The molecule has 0 aliphatic rings. The summed E-state index contributed by atoms with van der Waals surface area (Å²) in [6, 6.07) is 30.1. The normalized spacial score (nSPS) is 12.1. The van der Waals surface area contributed by atoms with E-state index in [1.807, 2.05) is 19.0 Å². The second kappa shape index (κ2) is 10.0. The molecule has 144 valence electrons. The van der Waals surface area contributed by atoms with Gasteiger partial charge in [0, 0.05) is 0 Å². The fourth-order valence-electron chi connectivity index (χ4n) is 3.40. The SMILES string of the molecule is CC/C(=C(\c1ccccc1)c1ccc(COCN(C)C)cc1)c1ccccc1. The Morgan fingerprint density at radius 2 is 1.25 bits per heavy atom. The van der Waals surface area contributed by atoms with Crippen LogP contribution in [-0.4, -0.2) is 25.7 Å². The molecule has 0 spiro atoms. The van der Waals surface area contributed by atoms with Gasteiger partial charge >= 0.3 is 0 Å². The first-order valence-corrected chi connectivity index (χ1v) is 9.84. The van der Waals surface area contributed by atoms with Crippen molar-refractivity contribution in [3.05, 3.63) is 107 Å². The first-order valence-electron chi connectivity index (χ1n) is 9.84. The van der Waals surface area contributed by atoms with Crippen molar-refractivity contribution < 1.29 is 4.74 Å². The molecule has 0 aliphatic heterocycles. The van der Waals surface area contributed by atoms with E-state index in [1.54, 1.807) is 0 Å². The van der Waals surface area contributed by atoms with Crippen LogP contribution in [0, 0.1) is 0 Å². The van der Waals surface area contributed by atoms with E-state index in [9.17, 15) is 0 Å². The lowest BCUT2D eigenvalue weighted by atomic mass is 9.88. The maximum Gasteiger partial charge on any atom is 0.0989 e. The Labute approximate surface area is 169 Å². The third-order valence-electron chi connectivity index (χ3n) is 4.70. The van der Waals surface area contributed by atoms with Gasteiger partial charge in [-0.2, -0.15) is 0 Å². The second-order valence-electron chi connectivity index (χ2n) is 7.19. The molecule has 3 aromatic rings. The van der Waals surface area contributed by atoms with E-state index < -0.39 is 0 Å². The Morgan fingerprint density at radius 3 is 1.79 bits per heavy atom. The number of ether oxygens (including phenoxy) is 1. The van der Waals surface area contributed by atoms with Crippen molar-refractivity contribution in [3.63, 3.8) is 0 Å². The van der Waals surface area contributed by atoms with Crippen LogP contribution >= 0.6 is 0 Å². The molecule has 0 bridgehead atoms. The van der Waals surface area contributed by atoms with Crippen LogP contribution in [0.2, 0.25) is 0 Å². The molecule has 0 atom stereocenters. The third-order valence-corrected chi connectivity index (χ3v) is 4.70. The topological polar surface area (TPSA) is 12.5 Å². The smallest absolute Gasteiger partial charge is 0.0989 e. The second-order valence-corrected chi connectivity index (χ2v) is 7.19. The van der Waals surface area contributed by atoms with Crippen LogP contribution in [0.3, 0.4) is 0 Å². The molecule has 0 fully saturated rings. The molecule has 0 aromatic heterocycles. The maximum atomic E-state index is 5.72. The fraction of sp³-hybridized carbons (Fsp3) is 0.231. The summed E-state index contributed by atoms with van der Waals surface area (Å²) < 4.78 is 5.72. The summed E-state index contributed by atoms with van der Waals surface area (Å²) in [4.78, 5) is 2.03. The molecular formula is C26H29NO. The first-order chi connectivity index (χ1) is 13.7. The Bertz CT molecular complexity index is 881. The minimum absolute atomic E-state index is 0.627. The summed E-state index contributed by atoms with van der Waals surface area (Å²) in [7, 11) is 4.02. The Balaban J connectivity index is 2.00. The molecule has 0 amide bonds. The number of benzene rings is 3. The van der Waals surface area contributed by atoms with E-state index in [4.69, 9.17) is 4.74 Å². The Morgan fingerprint density at radius 1 is 0.714 bits per heavy atom. The van der Waals surface area contributed by atoms with Gasteiger partial charge in [0.2, 0.25) is 0 Å². The van der Waals surface area contributed by atoms with E-state index >= 15 is 0 Å². The van der Waals surface area contributed by atoms with Gasteiger partial charge in [-0.05, 0) is 53.9 Å². The van der Waals surface area contributed by atoms with Gasteiger partial charge in [-0.1, -0.05) is 91.9 Å². The van der Waals surface area contributed by atoms with E-state index in [0.717, 1.165) is 6.42 Å². The summed E-state index contributed by atoms with van der Waals surface area (Å²) in [6.45, 7) is 3.49. The number of rotatable bonds is 8. The average molecular weight is 372 g/mol. The van der Waals surface area contributed by atoms with Crippen LogP contribution in [0.1, 0.15) is 35.6 Å². The minimum Gasteiger partial charge on any atom is -0.361 e. The van der Waals surface area contributed by atoms with Crippen molar-refractivity contribution in [1.82, 2.24) is 4.90 Å². The van der Waals surface area contributed by atoms with Crippen LogP contribution in [0.5, 0.6) is 0 Å². The van der Waals surface area contributed by atoms with Gasteiger partial charge in [0.15, 0.2) is 0 Å². The quantitative estimate of drug-likeness (QED) is 0.351. The molecule has 0 heterocycles. The van der Waals surface area contributed by atoms with Crippen LogP contribution in [-0.2, 0) is 11.3 Å². The molecule has 0 saturated heterocycles. The van der Waals surface area contributed by atoms with E-state index in [1.165, 1.54) is 33.4 Å². The van der Waals surface area contributed by atoms with Gasteiger partial charge in [0.1, 0.15) is 0 Å². The number of allylic oxidation sites excluding steroid dienone is 1. The van der Waals surface area contributed by atoms with Crippen LogP contribution in [0.25, 0.3) is 11.1 Å². The predicted molar refractivity (Wildman–Crippen MR) is 119 cm³/mol. The molecule has 0 N–H and O–H groups in total. The van der Waals surface area contributed by atoms with Crippen molar-refractivity contribution in [2.45, 2.75) is 20.0 Å². The highest BCUT2D eigenvalue weighted by Gasteiger charge is 2.12. The van der Waals surface area contributed by atoms with Gasteiger partial charge in [0.25, 0.3) is 0 Å². The summed E-state index contributed by atoms with van der Waals surface area (Å²) in [5.74, 6) is 0. The Kier molecular flexibility index (Phi) is 7.18. The zero-order valence-electron chi connectivity index (χ0n) is 17.1. The number of hydrogen-bond acceptors (Lipinski definition) is 2. The van der Waals surface area contributed by atoms with Crippen molar-refractivity contribution in [2.24, 2.45) is 0 Å². The standard InChI is InChI=1S/C26H29NO/c1-4-25(22-11-7-5-8-12-22)26(23-13-9-6-10-14-23)24-17-15-21(16-18-24)19-28-20-27(2)3/h5-18H,4,19-20H2,1-3H3/b26-25-. The largest absolute Gasteiger partial charge is 0.361 e. The fourth-order valence-corrected chi connectivity index (χ4v) is 3.40. The molecule has 28 heavy (non-hydrogen) atoms. The molecule has 0 aliphatic carbocycles. The molecule has 3 aromatic carbocycles. The Hall–Kier alpha value is -2.68. The molecule has 0 radical (unpaired) electrons. The molecule has 2 nitrogen and oxygen atoms in total. The lowest BCUT2D eigenvalue weighted by Gasteiger charge is -2.17. The minimum atomic E-state index is 0.627. The molecular weight excluding hydrogens is 342 g/mol. The van der Waals surface area contributed by atoms with Gasteiger partial charge in [-0.25, -0.2) is 0 Å². The average Bonchev–Trinajstić information content (AvgIpc) is 2.73. The monoisotopic (exact) mass is 371 g/mol. The molecule has 3 rings (SSSR count). The summed E-state index contributed by atoms with van der Waals surface area (Å²) in [5.41, 5.74) is 7.62. The van der Waals surface area contributed by atoms with Crippen molar-refractivity contribution in [2.75, 3.05) is 20.8 Å². The maximum absolute atomic E-state index is 5.72. The zero-order valence-corrected chi connectivity index (χ0v) is 17.1. The van der Waals surface area contributed by atoms with Crippen molar-refractivity contribution in [3.8, 4) is 0 Å². The van der Waals surface area contributed by atoms with Crippen LogP contribution in [0.4, 0.5) is 0 Å². The number of nitrogens with zero attached hydrogens (tertiary/aromatic N) is 1. The molecule has 0 saturated carbocycles. The van der Waals surface area contributed by atoms with E-state index in [0.29, 0.717) is 13.3 Å². The van der Waals surface area contributed by atoms with E-state index in [-0.39, 0.29) is 0 Å². The highest BCUT2D eigenvalue weighted by Crippen LogP contribution is 2.34. The highest BCUT2D eigenvalue weighted by molar-refractivity contribution is 5.98. The zero-order chi connectivity index (χ0) is 19.8. The van der Waals surface area contributed by atoms with E-state index in [2.05, 4.69) is 91.9 Å². The van der Waals surface area contributed by atoms with Crippen molar-refractivity contribution in [1.29, 1.82) is 0 Å². The van der Waals surface area contributed by atoms with Crippen LogP contribution in [0.15, 0.2) is 84.9 Å². The highest BCUT2D eigenvalue weighted by atomic mass is 16.5. The van der Waals surface area contributed by atoms with Gasteiger partial charge < -0.3 is 4.74 Å². The third kappa shape index (κ3) is 5.19. The van der Waals surface area contributed by atoms with Gasteiger partial charge in [-0.15, -0.1) is 0 Å². The lowest BCUT2D eigenvalue weighted by molar-refractivity contribution is 0.0451. The summed E-state index contributed by atoms with van der Waals surface area (Å²) >= 11 is 0. The van der Waals surface area contributed by atoms with Gasteiger partial charge in [-0.3, -0.25) is 4.90 Å². The summed E-state index contributed by atoms with van der Waals surface area (Å²) in [5, 5.41) is 0. The van der Waals surface area contributed by atoms with Crippen LogP contribution < -0.4 is 0 Å². The molecule has 2 heteroatoms.